The van der Waals surface area contributed by atoms with Crippen LogP contribution in [-0.2, 0) is 0 Å². The van der Waals surface area contributed by atoms with Gasteiger partial charge >= 0.3 is 0 Å². The number of nitrogens with zero attached hydrogens (tertiary/aromatic N) is 1. The largest absolute Gasteiger partial charge is 0.496 e. The Bertz CT molecular complexity index is 453. The van der Waals surface area contributed by atoms with Gasteiger partial charge in [-0.3, -0.25) is 4.79 Å². The molecule has 104 valence electrons. The number of carbonyl (C=O) groups excluding carboxylic acids is 1. The van der Waals surface area contributed by atoms with Crippen molar-refractivity contribution in [3.8, 4) is 5.75 Å². The number of aryl methyl sites for hydroxylation is 1. The van der Waals surface area contributed by atoms with E-state index in [1.54, 1.807) is 7.11 Å². The fourth-order valence-electron chi connectivity index (χ4n) is 2.45. The van der Waals surface area contributed by atoms with Gasteiger partial charge in [-0.25, -0.2) is 0 Å². The Hall–Kier alpha value is -1.03. The van der Waals surface area contributed by atoms with Crippen LogP contribution >= 0.6 is 15.9 Å². The number of halogens is 1. The van der Waals surface area contributed by atoms with Crippen molar-refractivity contribution in [2.75, 3.05) is 25.5 Å². The number of amides is 1. The van der Waals surface area contributed by atoms with Gasteiger partial charge < -0.3 is 9.64 Å². The van der Waals surface area contributed by atoms with Crippen LogP contribution in [0.2, 0.25) is 0 Å². The predicted octanol–water partition coefficient (Wildman–Crippen LogP) is 3.25. The SMILES string of the molecule is COc1ccc(C)cc1C(=O)N1CCC(CBr)CC1. The van der Waals surface area contributed by atoms with E-state index in [1.807, 2.05) is 30.0 Å². The van der Waals surface area contributed by atoms with Crippen molar-refractivity contribution in [2.24, 2.45) is 5.92 Å². The zero-order valence-corrected chi connectivity index (χ0v) is 13.1. The number of carbonyl (C=O) groups is 1. The van der Waals surface area contributed by atoms with Gasteiger partial charge in [0.1, 0.15) is 5.75 Å². The van der Waals surface area contributed by atoms with E-state index in [0.717, 1.165) is 36.8 Å². The Kier molecular flexibility index (Phi) is 4.86. The minimum atomic E-state index is 0.0913. The molecule has 0 atom stereocenters. The first kappa shape index (κ1) is 14.4. The molecule has 0 bridgehead atoms. The summed E-state index contributed by atoms with van der Waals surface area (Å²) in [4.78, 5) is 14.5. The Morgan fingerprint density at radius 2 is 2.11 bits per heavy atom. The van der Waals surface area contributed by atoms with Crippen LogP contribution < -0.4 is 4.74 Å². The number of ether oxygens (including phenoxy) is 1. The smallest absolute Gasteiger partial charge is 0.257 e. The van der Waals surface area contributed by atoms with Crippen molar-refractivity contribution in [1.29, 1.82) is 0 Å². The van der Waals surface area contributed by atoms with Crippen LogP contribution in [-0.4, -0.2) is 36.3 Å². The number of benzene rings is 1. The average Bonchev–Trinajstić information content (AvgIpc) is 2.46. The highest BCUT2D eigenvalue weighted by Gasteiger charge is 2.24. The minimum absolute atomic E-state index is 0.0913. The lowest BCUT2D eigenvalue weighted by atomic mass is 9.98. The quantitative estimate of drug-likeness (QED) is 0.798. The lowest BCUT2D eigenvalue weighted by Crippen LogP contribution is -2.39. The van der Waals surface area contributed by atoms with E-state index >= 15 is 0 Å². The van der Waals surface area contributed by atoms with Crippen molar-refractivity contribution in [3.63, 3.8) is 0 Å². The number of alkyl halides is 1. The van der Waals surface area contributed by atoms with Crippen LogP contribution in [0.1, 0.15) is 28.8 Å². The number of piperidine rings is 1. The van der Waals surface area contributed by atoms with Gasteiger partial charge in [-0.1, -0.05) is 27.6 Å². The van der Waals surface area contributed by atoms with Gasteiger partial charge in [-0.2, -0.15) is 0 Å². The lowest BCUT2D eigenvalue weighted by molar-refractivity contribution is 0.0695. The summed E-state index contributed by atoms with van der Waals surface area (Å²) in [5.74, 6) is 1.45. The van der Waals surface area contributed by atoms with Gasteiger partial charge in [-0.15, -0.1) is 0 Å². The van der Waals surface area contributed by atoms with Crippen molar-refractivity contribution >= 4 is 21.8 Å². The zero-order chi connectivity index (χ0) is 13.8. The molecule has 1 aromatic carbocycles. The maximum Gasteiger partial charge on any atom is 0.257 e. The standard InChI is InChI=1S/C15H20BrNO2/c1-11-3-4-14(19-2)13(9-11)15(18)17-7-5-12(10-16)6-8-17/h3-4,9,12H,5-8,10H2,1-2H3. The van der Waals surface area contributed by atoms with E-state index in [4.69, 9.17) is 4.74 Å². The third kappa shape index (κ3) is 3.30. The molecule has 1 aromatic rings. The summed E-state index contributed by atoms with van der Waals surface area (Å²) in [7, 11) is 1.61. The topological polar surface area (TPSA) is 29.5 Å². The summed E-state index contributed by atoms with van der Waals surface area (Å²) in [5.41, 5.74) is 1.76. The van der Waals surface area contributed by atoms with Crippen molar-refractivity contribution in [2.45, 2.75) is 19.8 Å². The van der Waals surface area contributed by atoms with Crippen LogP contribution in [0.3, 0.4) is 0 Å². The molecule has 1 heterocycles. The van der Waals surface area contributed by atoms with Crippen LogP contribution in [0, 0.1) is 12.8 Å². The molecule has 0 unspecified atom stereocenters. The van der Waals surface area contributed by atoms with Gasteiger partial charge in [0.05, 0.1) is 12.7 Å². The van der Waals surface area contributed by atoms with E-state index in [0.29, 0.717) is 17.2 Å². The van der Waals surface area contributed by atoms with Crippen LogP contribution in [0.5, 0.6) is 5.75 Å². The lowest BCUT2D eigenvalue weighted by Gasteiger charge is -2.31. The maximum absolute atomic E-state index is 12.6. The van der Waals surface area contributed by atoms with E-state index in [2.05, 4.69) is 15.9 Å². The second-order valence-electron chi connectivity index (χ2n) is 5.09. The molecule has 1 amide bonds. The molecule has 1 aliphatic rings. The molecule has 0 aliphatic carbocycles. The van der Waals surface area contributed by atoms with Gasteiger partial charge in [0.2, 0.25) is 0 Å². The fourth-order valence-corrected chi connectivity index (χ4v) is 3.10. The van der Waals surface area contributed by atoms with Crippen molar-refractivity contribution in [3.05, 3.63) is 29.3 Å². The number of methoxy groups -OCH3 is 1. The molecule has 1 saturated heterocycles. The molecule has 3 nitrogen and oxygen atoms in total. The van der Waals surface area contributed by atoms with Crippen LogP contribution in [0.4, 0.5) is 0 Å². The molecule has 0 saturated carbocycles. The molecule has 0 aromatic heterocycles. The summed E-state index contributed by atoms with van der Waals surface area (Å²) in [6, 6.07) is 5.75. The Labute approximate surface area is 123 Å². The molecule has 0 N–H and O–H groups in total. The first-order valence-electron chi connectivity index (χ1n) is 6.65. The van der Waals surface area contributed by atoms with Crippen LogP contribution in [0.15, 0.2) is 18.2 Å². The molecular weight excluding hydrogens is 306 g/mol. The molecule has 0 spiro atoms. The summed E-state index contributed by atoms with van der Waals surface area (Å²) >= 11 is 3.52. The molecule has 1 fully saturated rings. The number of likely N-dealkylation sites (tertiary alicyclic amines) is 1. The fraction of sp³-hybridized carbons (Fsp3) is 0.533. The van der Waals surface area contributed by atoms with E-state index < -0.39 is 0 Å². The summed E-state index contributed by atoms with van der Waals surface area (Å²) < 4.78 is 5.30. The maximum atomic E-state index is 12.6. The first-order chi connectivity index (χ1) is 9.15. The highest BCUT2D eigenvalue weighted by molar-refractivity contribution is 9.09. The van der Waals surface area contributed by atoms with E-state index in [-0.39, 0.29) is 5.91 Å². The zero-order valence-electron chi connectivity index (χ0n) is 11.5. The first-order valence-corrected chi connectivity index (χ1v) is 7.77. The average molecular weight is 326 g/mol. The monoisotopic (exact) mass is 325 g/mol. The second kappa shape index (κ2) is 6.42. The third-order valence-corrected chi connectivity index (χ3v) is 4.62. The Morgan fingerprint density at radius 3 is 2.68 bits per heavy atom. The molecule has 0 radical (unpaired) electrons. The van der Waals surface area contributed by atoms with Crippen LogP contribution in [0.25, 0.3) is 0 Å². The Morgan fingerprint density at radius 1 is 1.42 bits per heavy atom. The number of rotatable bonds is 3. The normalized spacial score (nSPS) is 16.5. The summed E-state index contributed by atoms with van der Waals surface area (Å²) in [6.07, 6.45) is 2.15. The second-order valence-corrected chi connectivity index (χ2v) is 5.74. The van der Waals surface area contributed by atoms with Gasteiger partial charge in [0.15, 0.2) is 0 Å². The Balaban J connectivity index is 2.14. The number of hydrogen-bond donors (Lipinski definition) is 0. The van der Waals surface area contributed by atoms with E-state index in [1.165, 1.54) is 0 Å². The highest BCUT2D eigenvalue weighted by atomic mass is 79.9. The summed E-state index contributed by atoms with van der Waals surface area (Å²) in [5, 5.41) is 1.03. The molecule has 1 aliphatic heterocycles. The molecule has 19 heavy (non-hydrogen) atoms. The highest BCUT2D eigenvalue weighted by Crippen LogP contribution is 2.25. The van der Waals surface area contributed by atoms with Gasteiger partial charge in [0.25, 0.3) is 5.91 Å². The molecule has 2 rings (SSSR count). The molecular formula is C15H20BrNO2. The molecule has 4 heteroatoms. The van der Waals surface area contributed by atoms with Crippen molar-refractivity contribution in [1.82, 2.24) is 4.90 Å². The van der Waals surface area contributed by atoms with Gasteiger partial charge in [0, 0.05) is 18.4 Å². The minimum Gasteiger partial charge on any atom is -0.496 e. The van der Waals surface area contributed by atoms with E-state index in [9.17, 15) is 4.79 Å². The third-order valence-electron chi connectivity index (χ3n) is 3.71. The predicted molar refractivity (Wildman–Crippen MR) is 80.2 cm³/mol. The van der Waals surface area contributed by atoms with Crippen molar-refractivity contribution < 1.29 is 9.53 Å². The summed E-state index contributed by atoms with van der Waals surface area (Å²) in [6.45, 7) is 3.67. The number of hydrogen-bond acceptors (Lipinski definition) is 2. The van der Waals surface area contributed by atoms with Gasteiger partial charge in [-0.05, 0) is 37.8 Å².